The molecule has 7 heteroatoms. The number of methoxy groups -OCH3 is 1. The van der Waals surface area contributed by atoms with Gasteiger partial charge >= 0.3 is 0 Å². The summed E-state index contributed by atoms with van der Waals surface area (Å²) in [7, 11) is 1.54. The van der Waals surface area contributed by atoms with E-state index in [2.05, 4.69) is 10.6 Å². The standard InChI is InChI=1S/C26H24N2O5/c1-17-3-5-20(6-4-17)25(31)27-15-23(29)18-7-9-21(10-8-18)26(32)28-16-24(30)19-11-13-22(33-2)14-12-19/h3-14H,15-16H2,1-2H3,(H,27,31)(H,28,32). The molecule has 2 N–H and O–H groups in total. The number of aryl methyl sites for hydroxylation is 1. The summed E-state index contributed by atoms with van der Waals surface area (Å²) in [5, 5.41) is 5.17. The minimum Gasteiger partial charge on any atom is -0.497 e. The summed E-state index contributed by atoms with van der Waals surface area (Å²) >= 11 is 0. The molecular weight excluding hydrogens is 420 g/mol. The number of rotatable bonds is 9. The van der Waals surface area contributed by atoms with E-state index in [1.807, 2.05) is 19.1 Å². The van der Waals surface area contributed by atoms with Crippen molar-refractivity contribution in [2.45, 2.75) is 6.92 Å². The maximum Gasteiger partial charge on any atom is 0.251 e. The average molecular weight is 444 g/mol. The number of ketones is 2. The van der Waals surface area contributed by atoms with Gasteiger partial charge in [0.1, 0.15) is 5.75 Å². The quantitative estimate of drug-likeness (QED) is 0.494. The number of Topliss-reactive ketones (excluding diaryl/α,β-unsaturated/α-hetero) is 2. The Hall–Kier alpha value is -4.26. The summed E-state index contributed by atoms with van der Waals surface area (Å²) in [5.41, 5.74) is 2.66. The number of benzene rings is 3. The van der Waals surface area contributed by atoms with Gasteiger partial charge in [-0.15, -0.1) is 0 Å². The Balaban J connectivity index is 1.50. The molecule has 3 rings (SSSR count). The van der Waals surface area contributed by atoms with Crippen molar-refractivity contribution >= 4 is 23.4 Å². The van der Waals surface area contributed by atoms with Crippen LogP contribution in [0.25, 0.3) is 0 Å². The smallest absolute Gasteiger partial charge is 0.251 e. The third-order valence-electron chi connectivity index (χ3n) is 5.01. The number of amides is 2. The largest absolute Gasteiger partial charge is 0.497 e. The number of carbonyl (C=O) groups excluding carboxylic acids is 4. The van der Waals surface area contributed by atoms with E-state index in [-0.39, 0.29) is 30.6 Å². The lowest BCUT2D eigenvalue weighted by molar-refractivity contribution is 0.0902. The fourth-order valence-electron chi connectivity index (χ4n) is 3.02. The first-order chi connectivity index (χ1) is 15.9. The van der Waals surface area contributed by atoms with Crippen LogP contribution in [-0.2, 0) is 0 Å². The van der Waals surface area contributed by atoms with Gasteiger partial charge in [-0.3, -0.25) is 19.2 Å². The topological polar surface area (TPSA) is 102 Å². The van der Waals surface area contributed by atoms with E-state index in [0.717, 1.165) is 5.56 Å². The molecule has 0 saturated carbocycles. The first-order valence-corrected chi connectivity index (χ1v) is 10.3. The third-order valence-corrected chi connectivity index (χ3v) is 5.01. The maximum atomic E-state index is 12.4. The zero-order chi connectivity index (χ0) is 23.8. The van der Waals surface area contributed by atoms with Gasteiger partial charge in [0.25, 0.3) is 11.8 Å². The van der Waals surface area contributed by atoms with Crippen molar-refractivity contribution in [3.8, 4) is 5.75 Å². The van der Waals surface area contributed by atoms with Gasteiger partial charge < -0.3 is 15.4 Å². The predicted molar refractivity (Wildman–Crippen MR) is 124 cm³/mol. The van der Waals surface area contributed by atoms with E-state index in [1.54, 1.807) is 36.4 Å². The molecule has 0 aliphatic heterocycles. The van der Waals surface area contributed by atoms with Crippen molar-refractivity contribution in [3.63, 3.8) is 0 Å². The van der Waals surface area contributed by atoms with E-state index < -0.39 is 5.91 Å². The normalized spacial score (nSPS) is 10.2. The van der Waals surface area contributed by atoms with Crippen LogP contribution in [0.1, 0.15) is 47.0 Å². The Morgan fingerprint density at radius 2 is 0.970 bits per heavy atom. The molecule has 168 valence electrons. The Morgan fingerprint density at radius 3 is 1.39 bits per heavy atom. The zero-order valence-electron chi connectivity index (χ0n) is 18.4. The summed E-state index contributed by atoms with van der Waals surface area (Å²) in [6, 6.07) is 19.7. The van der Waals surface area contributed by atoms with Gasteiger partial charge in [0.15, 0.2) is 11.6 Å². The number of ether oxygens (including phenoxy) is 1. The predicted octanol–water partition coefficient (Wildman–Crippen LogP) is 3.23. The lowest BCUT2D eigenvalue weighted by Crippen LogP contribution is -2.30. The molecule has 0 spiro atoms. The van der Waals surface area contributed by atoms with Crippen LogP contribution in [0.4, 0.5) is 0 Å². The first-order valence-electron chi connectivity index (χ1n) is 10.3. The van der Waals surface area contributed by atoms with Crippen LogP contribution in [0.5, 0.6) is 5.75 Å². The van der Waals surface area contributed by atoms with Crippen molar-refractivity contribution in [2.24, 2.45) is 0 Å². The van der Waals surface area contributed by atoms with Gasteiger partial charge in [0.2, 0.25) is 0 Å². The van der Waals surface area contributed by atoms with Gasteiger partial charge in [-0.1, -0.05) is 29.8 Å². The van der Waals surface area contributed by atoms with Gasteiger partial charge in [-0.25, -0.2) is 0 Å². The van der Waals surface area contributed by atoms with Crippen molar-refractivity contribution in [2.75, 3.05) is 20.2 Å². The molecule has 0 fully saturated rings. The summed E-state index contributed by atoms with van der Waals surface area (Å²) in [5.74, 6) is -0.636. The van der Waals surface area contributed by atoms with Crippen molar-refractivity contribution in [1.29, 1.82) is 0 Å². The molecule has 0 heterocycles. The fraction of sp³-hybridized carbons (Fsp3) is 0.154. The summed E-state index contributed by atoms with van der Waals surface area (Å²) in [6.45, 7) is 1.61. The average Bonchev–Trinajstić information content (AvgIpc) is 2.86. The molecule has 0 radical (unpaired) electrons. The highest BCUT2D eigenvalue weighted by Gasteiger charge is 2.13. The van der Waals surface area contributed by atoms with Crippen LogP contribution >= 0.6 is 0 Å². The lowest BCUT2D eigenvalue weighted by Gasteiger charge is -2.07. The van der Waals surface area contributed by atoms with Crippen LogP contribution < -0.4 is 15.4 Å². The molecular formula is C26H24N2O5. The lowest BCUT2D eigenvalue weighted by atomic mass is 10.1. The summed E-state index contributed by atoms with van der Waals surface area (Å²) < 4.78 is 5.06. The van der Waals surface area contributed by atoms with E-state index in [1.165, 1.54) is 31.4 Å². The maximum absolute atomic E-state index is 12.4. The third kappa shape index (κ3) is 6.36. The molecule has 3 aromatic carbocycles. The number of carbonyl (C=O) groups is 4. The highest BCUT2D eigenvalue weighted by molar-refractivity contribution is 6.04. The molecule has 0 saturated heterocycles. The van der Waals surface area contributed by atoms with E-state index in [9.17, 15) is 19.2 Å². The van der Waals surface area contributed by atoms with Crippen molar-refractivity contribution in [3.05, 3.63) is 101 Å². The Labute approximate surface area is 191 Å². The molecule has 3 aromatic rings. The van der Waals surface area contributed by atoms with Gasteiger partial charge in [0, 0.05) is 22.3 Å². The molecule has 33 heavy (non-hydrogen) atoms. The van der Waals surface area contributed by atoms with Gasteiger partial charge in [-0.2, -0.15) is 0 Å². The highest BCUT2D eigenvalue weighted by Crippen LogP contribution is 2.12. The molecule has 0 aliphatic carbocycles. The molecule has 2 amide bonds. The van der Waals surface area contributed by atoms with Gasteiger partial charge in [0.05, 0.1) is 20.2 Å². The van der Waals surface area contributed by atoms with E-state index in [0.29, 0.717) is 28.0 Å². The SMILES string of the molecule is COc1ccc(C(=O)CNC(=O)c2ccc(C(=O)CNC(=O)c3ccc(C)cc3)cc2)cc1. The van der Waals surface area contributed by atoms with Crippen molar-refractivity contribution in [1.82, 2.24) is 10.6 Å². The van der Waals surface area contributed by atoms with E-state index in [4.69, 9.17) is 4.74 Å². The zero-order valence-corrected chi connectivity index (χ0v) is 18.4. The van der Waals surface area contributed by atoms with Crippen LogP contribution in [-0.4, -0.2) is 43.6 Å². The molecule has 0 aliphatic rings. The number of nitrogens with one attached hydrogen (secondary N) is 2. The number of hydrogen-bond donors (Lipinski definition) is 2. The van der Waals surface area contributed by atoms with E-state index >= 15 is 0 Å². The monoisotopic (exact) mass is 444 g/mol. The van der Waals surface area contributed by atoms with Gasteiger partial charge in [-0.05, 0) is 55.5 Å². The minimum absolute atomic E-state index is 0.156. The summed E-state index contributed by atoms with van der Waals surface area (Å²) in [6.07, 6.45) is 0. The molecule has 0 unspecified atom stereocenters. The second-order valence-corrected chi connectivity index (χ2v) is 7.38. The molecule has 0 atom stereocenters. The van der Waals surface area contributed by atoms with Crippen molar-refractivity contribution < 1.29 is 23.9 Å². The summed E-state index contributed by atoms with van der Waals surface area (Å²) in [4.78, 5) is 49.1. The molecule has 7 nitrogen and oxygen atoms in total. The second kappa shape index (κ2) is 10.9. The van der Waals surface area contributed by atoms with Crippen LogP contribution in [0, 0.1) is 6.92 Å². The minimum atomic E-state index is -0.427. The number of hydrogen-bond acceptors (Lipinski definition) is 5. The van der Waals surface area contributed by atoms with Crippen LogP contribution in [0.15, 0.2) is 72.8 Å². The second-order valence-electron chi connectivity index (χ2n) is 7.38. The highest BCUT2D eigenvalue weighted by atomic mass is 16.5. The van der Waals surface area contributed by atoms with Crippen LogP contribution in [0.3, 0.4) is 0 Å². The van der Waals surface area contributed by atoms with Crippen LogP contribution in [0.2, 0.25) is 0 Å². The Morgan fingerprint density at radius 1 is 0.606 bits per heavy atom. The molecule has 0 bridgehead atoms. The first kappa shape index (κ1) is 23.4. The Bertz CT molecular complexity index is 1150. The Kier molecular flexibility index (Phi) is 7.70. The fourth-order valence-corrected chi connectivity index (χ4v) is 3.02. The molecule has 0 aromatic heterocycles.